The Morgan fingerprint density at radius 3 is 1.45 bits per heavy atom. The van der Waals surface area contributed by atoms with Crippen molar-refractivity contribution in [3.8, 4) is 0 Å². The van der Waals surface area contributed by atoms with Gasteiger partial charge in [0.2, 0.25) is 0 Å². The summed E-state index contributed by atoms with van der Waals surface area (Å²) in [5.41, 5.74) is 3.50. The van der Waals surface area contributed by atoms with Crippen LogP contribution in [-0.2, 0) is 27.6 Å². The van der Waals surface area contributed by atoms with E-state index >= 15 is 0 Å². The molecule has 47 heavy (non-hydrogen) atoms. The molecule has 258 valence electrons. The minimum Gasteiger partial charge on any atom is -0.380 e. The van der Waals surface area contributed by atoms with Gasteiger partial charge in [-0.2, -0.15) is 0 Å². The van der Waals surface area contributed by atoms with Gasteiger partial charge in [0.25, 0.3) is 0 Å². The molecule has 1 aliphatic rings. The van der Waals surface area contributed by atoms with Crippen molar-refractivity contribution in [2.24, 2.45) is 0 Å². The fraction of sp³-hybridized carbons (Fsp3) is 0.550. The van der Waals surface area contributed by atoms with Crippen LogP contribution in [0.1, 0.15) is 114 Å². The molecule has 0 unspecified atom stereocenters. The Morgan fingerprint density at radius 2 is 1.02 bits per heavy atom. The van der Waals surface area contributed by atoms with Crippen LogP contribution in [0.5, 0.6) is 0 Å². The summed E-state index contributed by atoms with van der Waals surface area (Å²) < 4.78 is 35.4. The van der Waals surface area contributed by atoms with Crippen LogP contribution in [0.4, 0.5) is 0 Å². The van der Waals surface area contributed by atoms with E-state index in [4.69, 9.17) is 18.3 Å². The first-order valence-corrected chi connectivity index (χ1v) is 20.5. The van der Waals surface area contributed by atoms with Crippen LogP contribution >= 0.6 is 19.6 Å². The third-order valence-electron chi connectivity index (χ3n) is 8.83. The number of benzene rings is 3. The summed E-state index contributed by atoms with van der Waals surface area (Å²) in [6, 6.07) is 31.8. The molecule has 0 spiro atoms. The fourth-order valence-electron chi connectivity index (χ4n) is 6.29. The Hall–Kier alpha value is -1.92. The van der Waals surface area contributed by atoms with Gasteiger partial charge in [-0.1, -0.05) is 181 Å². The normalized spacial score (nSPS) is 15.2. The Kier molecular flexibility index (Phi) is 17.7. The van der Waals surface area contributed by atoms with Crippen LogP contribution in [0, 0.1) is 0 Å². The highest BCUT2D eigenvalue weighted by atomic mass is 32.2. The predicted molar refractivity (Wildman–Crippen MR) is 197 cm³/mol. The van der Waals surface area contributed by atoms with Gasteiger partial charge in [-0.05, 0) is 23.1 Å². The molecule has 3 aromatic carbocycles. The van der Waals surface area contributed by atoms with Crippen LogP contribution in [0.25, 0.3) is 0 Å². The molecule has 1 saturated heterocycles. The van der Waals surface area contributed by atoms with Crippen molar-refractivity contribution in [1.29, 1.82) is 0 Å². The number of phosphoric ester groups is 1. The molecule has 5 nitrogen and oxygen atoms in total. The van der Waals surface area contributed by atoms with Crippen LogP contribution in [-0.4, -0.2) is 38.3 Å². The standard InChI is InChI=1S/C40H57O5PS/c1-2-3-4-5-6-7-8-9-10-11-12-13-14-24-31-42-34-39(35-45-46(41)43-32-33-44-46)47-40(36-25-18-15-19-26-36,37-27-20-16-21-28-37)38-29-22-17-23-30-38/h15-23,25-30,39H,2-14,24,31-35H2,1H3/t39-/m1/s1. The van der Waals surface area contributed by atoms with E-state index in [9.17, 15) is 4.57 Å². The molecule has 1 fully saturated rings. The highest BCUT2D eigenvalue weighted by molar-refractivity contribution is 8.01. The molecule has 0 radical (unpaired) electrons. The van der Waals surface area contributed by atoms with Gasteiger partial charge >= 0.3 is 7.82 Å². The highest BCUT2D eigenvalue weighted by Gasteiger charge is 2.41. The molecule has 4 rings (SSSR count). The van der Waals surface area contributed by atoms with E-state index in [1.54, 1.807) is 11.8 Å². The lowest BCUT2D eigenvalue weighted by molar-refractivity contribution is 0.112. The number of phosphoric acid groups is 1. The second-order valence-electron chi connectivity index (χ2n) is 12.6. The van der Waals surface area contributed by atoms with Crippen molar-refractivity contribution < 1.29 is 22.9 Å². The zero-order valence-corrected chi connectivity index (χ0v) is 30.3. The summed E-state index contributed by atoms with van der Waals surface area (Å²) in [6.07, 6.45) is 18.7. The van der Waals surface area contributed by atoms with Gasteiger partial charge in [-0.3, -0.25) is 13.6 Å². The molecule has 1 atom stereocenters. The van der Waals surface area contributed by atoms with Crippen LogP contribution < -0.4 is 0 Å². The Balaban J connectivity index is 1.32. The smallest absolute Gasteiger partial charge is 0.380 e. The molecule has 0 aromatic heterocycles. The quantitative estimate of drug-likeness (QED) is 0.0504. The van der Waals surface area contributed by atoms with Gasteiger partial charge < -0.3 is 4.74 Å². The van der Waals surface area contributed by atoms with E-state index in [1.165, 1.54) is 100 Å². The van der Waals surface area contributed by atoms with E-state index < -0.39 is 12.6 Å². The summed E-state index contributed by atoms with van der Waals surface area (Å²) >= 11 is 1.78. The lowest BCUT2D eigenvalue weighted by Gasteiger charge is -2.38. The monoisotopic (exact) mass is 680 g/mol. The van der Waals surface area contributed by atoms with Gasteiger partial charge in [0.15, 0.2) is 0 Å². The summed E-state index contributed by atoms with van der Waals surface area (Å²) in [6.45, 7) is 4.21. The lowest BCUT2D eigenvalue weighted by atomic mass is 9.84. The van der Waals surface area contributed by atoms with Crippen molar-refractivity contribution in [1.82, 2.24) is 0 Å². The molecule has 0 N–H and O–H groups in total. The maximum atomic E-state index is 13.0. The maximum absolute atomic E-state index is 13.0. The predicted octanol–water partition coefficient (Wildman–Crippen LogP) is 11.7. The van der Waals surface area contributed by atoms with E-state index in [2.05, 4.69) is 97.9 Å². The van der Waals surface area contributed by atoms with Crippen LogP contribution in [0.15, 0.2) is 91.0 Å². The summed E-state index contributed by atoms with van der Waals surface area (Å²) in [4.78, 5) is 0. The van der Waals surface area contributed by atoms with Crippen molar-refractivity contribution in [2.75, 3.05) is 33.0 Å². The summed E-state index contributed by atoms with van der Waals surface area (Å²) in [7, 11) is -3.55. The zero-order valence-electron chi connectivity index (χ0n) is 28.6. The average molecular weight is 681 g/mol. The van der Waals surface area contributed by atoms with E-state index in [-0.39, 0.29) is 25.1 Å². The largest absolute Gasteiger partial charge is 0.474 e. The van der Waals surface area contributed by atoms with Gasteiger partial charge in [0.1, 0.15) is 0 Å². The molecule has 0 saturated carbocycles. The number of thioether (sulfide) groups is 1. The Morgan fingerprint density at radius 1 is 0.617 bits per heavy atom. The molecule has 0 amide bonds. The minimum atomic E-state index is -3.55. The molecule has 1 heterocycles. The fourth-order valence-corrected chi connectivity index (χ4v) is 9.19. The Bertz CT molecular complexity index is 1150. The highest BCUT2D eigenvalue weighted by Crippen LogP contribution is 2.55. The zero-order chi connectivity index (χ0) is 32.9. The van der Waals surface area contributed by atoms with E-state index in [1.807, 2.05) is 0 Å². The summed E-state index contributed by atoms with van der Waals surface area (Å²) in [5.74, 6) is 0. The number of rotatable bonds is 25. The first-order chi connectivity index (χ1) is 23.2. The number of ether oxygens (including phenoxy) is 1. The number of hydrogen-bond acceptors (Lipinski definition) is 6. The third-order valence-corrected chi connectivity index (χ3v) is 12.0. The molecule has 1 aliphatic heterocycles. The third kappa shape index (κ3) is 12.8. The van der Waals surface area contributed by atoms with Crippen LogP contribution in [0.2, 0.25) is 0 Å². The SMILES string of the molecule is CCCCCCCCCCCCCCCCOC[C@H](COP1(=O)OCCO1)SC(c1ccccc1)(c1ccccc1)c1ccccc1. The molecular weight excluding hydrogens is 623 g/mol. The molecule has 3 aromatic rings. The number of hydrogen-bond donors (Lipinski definition) is 0. The van der Waals surface area contributed by atoms with Gasteiger partial charge in [0, 0.05) is 6.61 Å². The maximum Gasteiger partial charge on any atom is 0.474 e. The molecule has 0 aliphatic carbocycles. The van der Waals surface area contributed by atoms with Gasteiger partial charge in [0.05, 0.1) is 36.4 Å². The van der Waals surface area contributed by atoms with Crippen molar-refractivity contribution >= 4 is 19.6 Å². The second kappa shape index (κ2) is 21.9. The van der Waals surface area contributed by atoms with E-state index in [0.717, 1.165) is 6.42 Å². The van der Waals surface area contributed by atoms with Crippen molar-refractivity contribution in [3.05, 3.63) is 108 Å². The molecule has 0 bridgehead atoms. The first kappa shape index (κ1) is 37.9. The minimum absolute atomic E-state index is 0.138. The van der Waals surface area contributed by atoms with Gasteiger partial charge in [-0.25, -0.2) is 4.57 Å². The topological polar surface area (TPSA) is 54.0 Å². The number of unbranched alkanes of at least 4 members (excludes halogenated alkanes) is 13. The van der Waals surface area contributed by atoms with Crippen molar-refractivity contribution in [3.63, 3.8) is 0 Å². The lowest BCUT2D eigenvalue weighted by Crippen LogP contribution is -2.32. The van der Waals surface area contributed by atoms with Gasteiger partial charge in [-0.15, -0.1) is 11.8 Å². The first-order valence-electron chi connectivity index (χ1n) is 18.1. The Labute approximate surface area is 289 Å². The molecule has 7 heteroatoms. The average Bonchev–Trinajstić information content (AvgIpc) is 3.56. The van der Waals surface area contributed by atoms with E-state index in [0.29, 0.717) is 13.2 Å². The van der Waals surface area contributed by atoms with Crippen LogP contribution in [0.3, 0.4) is 0 Å². The summed E-state index contributed by atoms with van der Waals surface area (Å²) in [5, 5.41) is -0.138. The second-order valence-corrected chi connectivity index (χ2v) is 15.8. The van der Waals surface area contributed by atoms with Crippen molar-refractivity contribution in [2.45, 2.75) is 107 Å². The molecular formula is C40H57O5PS.